The van der Waals surface area contributed by atoms with Crippen LogP contribution in [0.5, 0.6) is 5.75 Å². The maximum atomic E-state index is 13.2. The second kappa shape index (κ2) is 11.1. The van der Waals surface area contributed by atoms with Crippen molar-refractivity contribution in [3.8, 4) is 5.75 Å². The lowest BCUT2D eigenvalue weighted by atomic mass is 10.1. The Morgan fingerprint density at radius 2 is 1.86 bits per heavy atom. The molecule has 0 unspecified atom stereocenters. The van der Waals surface area contributed by atoms with E-state index in [9.17, 15) is 13.2 Å². The van der Waals surface area contributed by atoms with Crippen molar-refractivity contribution in [2.45, 2.75) is 31.7 Å². The van der Waals surface area contributed by atoms with Gasteiger partial charge in [-0.2, -0.15) is 4.31 Å². The van der Waals surface area contributed by atoms with Crippen LogP contribution in [0.4, 0.5) is 0 Å². The molecule has 196 valence electrons. The number of carbonyl (C=O) groups excluding carboxylic acids is 1. The minimum Gasteiger partial charge on any atom is -0.497 e. The highest BCUT2D eigenvalue weighted by atomic mass is 32.2. The van der Waals surface area contributed by atoms with Gasteiger partial charge in [0.2, 0.25) is 15.9 Å². The van der Waals surface area contributed by atoms with Gasteiger partial charge in [0.15, 0.2) is 0 Å². The molecule has 3 aromatic rings. The van der Waals surface area contributed by atoms with Crippen LogP contribution < -0.4 is 15.4 Å². The highest BCUT2D eigenvalue weighted by molar-refractivity contribution is 7.89. The molecule has 1 aliphatic heterocycles. The third-order valence-electron chi connectivity index (χ3n) is 5.96. The smallest absolute Gasteiger partial charge is 0.308 e. The fourth-order valence-electron chi connectivity index (χ4n) is 4.09. The van der Waals surface area contributed by atoms with Crippen molar-refractivity contribution >= 4 is 21.8 Å². The number of rotatable bonds is 10. The van der Waals surface area contributed by atoms with Crippen LogP contribution in [0.25, 0.3) is 0 Å². The second-order valence-electron chi connectivity index (χ2n) is 8.71. The second-order valence-corrected chi connectivity index (χ2v) is 10.7. The number of aromatic nitrogens is 2. The number of aliphatic imine (C=N–C) groups is 1. The third kappa shape index (κ3) is 5.97. The molecule has 37 heavy (non-hydrogen) atoms. The summed E-state index contributed by atoms with van der Waals surface area (Å²) in [5, 5.41) is 13.6. The van der Waals surface area contributed by atoms with Crippen LogP contribution in [0, 0.1) is 13.8 Å². The monoisotopic (exact) mass is 526 g/mol. The zero-order chi connectivity index (χ0) is 26.6. The minimum absolute atomic E-state index is 0.0130. The molecule has 0 fully saturated rings. The normalized spacial score (nSPS) is 13.4. The van der Waals surface area contributed by atoms with Gasteiger partial charge in [0.1, 0.15) is 11.6 Å². The fourth-order valence-corrected chi connectivity index (χ4v) is 5.62. The van der Waals surface area contributed by atoms with Gasteiger partial charge < -0.3 is 19.8 Å². The number of amidine groups is 1. The Hall–Kier alpha value is -3.77. The predicted octanol–water partition coefficient (Wildman–Crippen LogP) is 1.84. The SMILES string of the molecule is COc1cc(C)c(S(=O)(=O)N(C)Cc2nnc(C(=O)NCCc3ccc(C4=NCCN4)cc3)o2)c(C)c1. The van der Waals surface area contributed by atoms with E-state index in [1.807, 2.05) is 24.3 Å². The number of benzene rings is 2. The molecule has 0 bridgehead atoms. The summed E-state index contributed by atoms with van der Waals surface area (Å²) in [6.45, 7) is 5.26. The topological polar surface area (TPSA) is 139 Å². The molecule has 0 aliphatic carbocycles. The van der Waals surface area contributed by atoms with E-state index in [-0.39, 0.29) is 23.2 Å². The first-order valence-corrected chi connectivity index (χ1v) is 13.2. The molecule has 1 aromatic heterocycles. The number of carbonyl (C=O) groups is 1. The molecule has 4 rings (SSSR count). The Morgan fingerprint density at radius 1 is 1.16 bits per heavy atom. The molecular formula is C25H30N6O5S. The maximum absolute atomic E-state index is 13.2. The number of nitrogens with zero attached hydrogens (tertiary/aromatic N) is 4. The van der Waals surface area contributed by atoms with Crippen LogP contribution in [0.2, 0.25) is 0 Å². The summed E-state index contributed by atoms with van der Waals surface area (Å²) in [6.07, 6.45) is 0.620. The summed E-state index contributed by atoms with van der Waals surface area (Å²) >= 11 is 0. The molecule has 12 heteroatoms. The molecule has 0 saturated carbocycles. The molecule has 0 saturated heterocycles. The fraction of sp³-hybridized carbons (Fsp3) is 0.360. The van der Waals surface area contributed by atoms with Gasteiger partial charge in [0, 0.05) is 25.7 Å². The largest absolute Gasteiger partial charge is 0.497 e. The molecule has 1 aliphatic rings. The van der Waals surface area contributed by atoms with E-state index in [1.165, 1.54) is 14.2 Å². The molecule has 11 nitrogen and oxygen atoms in total. The van der Waals surface area contributed by atoms with E-state index >= 15 is 0 Å². The van der Waals surface area contributed by atoms with Crippen molar-refractivity contribution in [2.75, 3.05) is 33.8 Å². The van der Waals surface area contributed by atoms with Gasteiger partial charge >= 0.3 is 11.8 Å². The van der Waals surface area contributed by atoms with Gasteiger partial charge in [-0.05, 0) is 49.1 Å². The summed E-state index contributed by atoms with van der Waals surface area (Å²) in [4.78, 5) is 17.0. The van der Waals surface area contributed by atoms with E-state index in [0.717, 1.165) is 34.4 Å². The molecule has 0 spiro atoms. The predicted molar refractivity (Wildman–Crippen MR) is 137 cm³/mol. The number of sulfonamides is 1. The summed E-state index contributed by atoms with van der Waals surface area (Å²) in [5.74, 6) is 0.752. The number of amides is 1. The Morgan fingerprint density at radius 3 is 2.49 bits per heavy atom. The van der Waals surface area contributed by atoms with Crippen molar-refractivity contribution in [3.63, 3.8) is 0 Å². The summed E-state index contributed by atoms with van der Waals surface area (Å²) in [6, 6.07) is 11.3. The van der Waals surface area contributed by atoms with E-state index in [2.05, 4.69) is 25.8 Å². The standard InChI is InChI=1S/C25H30N6O5S/c1-16-13-20(35-4)14-17(2)22(16)37(33,34)31(3)15-21-29-30-25(36-21)24(32)28-10-9-18-5-7-19(8-6-18)23-26-11-12-27-23/h5-8,13-14H,9-12,15H2,1-4H3,(H,26,27)(H,28,32). The van der Waals surface area contributed by atoms with Gasteiger partial charge in [-0.3, -0.25) is 9.79 Å². The molecule has 2 heterocycles. The summed E-state index contributed by atoms with van der Waals surface area (Å²) in [5.41, 5.74) is 3.22. The molecule has 1 amide bonds. The first-order chi connectivity index (χ1) is 17.7. The first kappa shape index (κ1) is 26.3. The van der Waals surface area contributed by atoms with Gasteiger partial charge in [0.05, 0.1) is 25.1 Å². The summed E-state index contributed by atoms with van der Waals surface area (Å²) in [7, 11) is -0.903. The first-order valence-electron chi connectivity index (χ1n) is 11.8. The quantitative estimate of drug-likeness (QED) is 0.408. The van der Waals surface area contributed by atoms with Crippen LogP contribution in [0.3, 0.4) is 0 Å². The van der Waals surface area contributed by atoms with Crippen LogP contribution >= 0.6 is 0 Å². The third-order valence-corrected chi connectivity index (χ3v) is 8.07. The van der Waals surface area contributed by atoms with Crippen molar-refractivity contribution in [1.82, 2.24) is 25.1 Å². The minimum atomic E-state index is -3.85. The van der Waals surface area contributed by atoms with Gasteiger partial charge in [-0.15, -0.1) is 10.2 Å². The number of nitrogens with one attached hydrogen (secondary N) is 2. The van der Waals surface area contributed by atoms with Crippen molar-refractivity contribution in [2.24, 2.45) is 4.99 Å². The molecule has 2 N–H and O–H groups in total. The molecule has 0 atom stereocenters. The van der Waals surface area contributed by atoms with E-state index in [0.29, 0.717) is 29.8 Å². The summed E-state index contributed by atoms with van der Waals surface area (Å²) < 4.78 is 38.2. The van der Waals surface area contributed by atoms with Crippen LogP contribution in [0.1, 0.15) is 38.8 Å². The lowest BCUT2D eigenvalue weighted by molar-refractivity contribution is 0.0917. The maximum Gasteiger partial charge on any atom is 0.308 e. The Balaban J connectivity index is 1.33. The van der Waals surface area contributed by atoms with Crippen molar-refractivity contribution < 1.29 is 22.4 Å². The highest BCUT2D eigenvalue weighted by Gasteiger charge is 2.27. The number of ether oxygens (including phenoxy) is 1. The Labute approximate surface area is 216 Å². The van der Waals surface area contributed by atoms with Gasteiger partial charge in [-0.25, -0.2) is 8.42 Å². The lowest BCUT2D eigenvalue weighted by Gasteiger charge is -2.19. The van der Waals surface area contributed by atoms with Crippen molar-refractivity contribution in [3.05, 3.63) is 70.4 Å². The van der Waals surface area contributed by atoms with Crippen molar-refractivity contribution in [1.29, 1.82) is 0 Å². The van der Waals surface area contributed by atoms with E-state index < -0.39 is 15.9 Å². The average molecular weight is 527 g/mol. The number of aryl methyl sites for hydroxylation is 2. The number of methoxy groups -OCH3 is 1. The molecule has 0 radical (unpaired) electrons. The van der Waals surface area contributed by atoms with Gasteiger partial charge in [-0.1, -0.05) is 24.3 Å². The highest BCUT2D eigenvalue weighted by Crippen LogP contribution is 2.28. The van der Waals surface area contributed by atoms with Crippen LogP contribution in [-0.2, 0) is 23.0 Å². The molecular weight excluding hydrogens is 496 g/mol. The Kier molecular flexibility index (Phi) is 7.89. The number of hydrogen-bond donors (Lipinski definition) is 2. The van der Waals surface area contributed by atoms with Gasteiger partial charge in [0.25, 0.3) is 0 Å². The zero-order valence-electron chi connectivity index (χ0n) is 21.2. The average Bonchev–Trinajstić information content (AvgIpc) is 3.56. The lowest BCUT2D eigenvalue weighted by Crippen LogP contribution is -2.28. The van der Waals surface area contributed by atoms with Crippen LogP contribution in [0.15, 0.2) is 50.7 Å². The Bertz CT molecular complexity index is 1390. The van der Waals surface area contributed by atoms with E-state index in [4.69, 9.17) is 9.15 Å². The zero-order valence-corrected chi connectivity index (χ0v) is 22.1. The van der Waals surface area contributed by atoms with E-state index in [1.54, 1.807) is 26.0 Å². The number of hydrogen-bond acceptors (Lipinski definition) is 9. The van der Waals surface area contributed by atoms with Crippen LogP contribution in [-0.4, -0.2) is 68.5 Å². The molecule has 2 aromatic carbocycles.